The molecule has 0 aliphatic heterocycles. The van der Waals surface area contributed by atoms with Crippen LogP contribution in [0.25, 0.3) is 0 Å². The molecule has 2 rings (SSSR count). The normalized spacial score (nSPS) is 27.2. The van der Waals surface area contributed by atoms with Crippen LogP contribution in [0.1, 0.15) is 12.8 Å². The number of rotatable bonds is 5. The summed E-state index contributed by atoms with van der Waals surface area (Å²) in [6.07, 6.45) is 2.36. The molecule has 5 nitrogen and oxygen atoms in total. The third-order valence-corrected chi connectivity index (χ3v) is 6.52. The minimum atomic E-state index is -1.03. The largest absolute Gasteiger partial charge is 0.508 e. The summed E-state index contributed by atoms with van der Waals surface area (Å²) in [6.45, 7) is 0. The number of nitrogens with two attached hydrogens (primary N) is 1. The lowest BCUT2D eigenvalue weighted by molar-refractivity contribution is -0.138. The molecule has 3 atom stereocenters. The van der Waals surface area contributed by atoms with Crippen LogP contribution in [0, 0.1) is 0 Å². The van der Waals surface area contributed by atoms with Crippen LogP contribution in [0.4, 0.5) is 0 Å². The molecule has 4 N–H and O–H groups in total. The van der Waals surface area contributed by atoms with E-state index in [-0.39, 0.29) is 18.3 Å². The van der Waals surface area contributed by atoms with Gasteiger partial charge in [-0.2, -0.15) is 0 Å². The van der Waals surface area contributed by atoms with E-state index in [1.165, 1.54) is 0 Å². The van der Waals surface area contributed by atoms with Crippen molar-refractivity contribution in [3.05, 3.63) is 35.9 Å². The molecule has 132 valence electrons. The highest BCUT2D eigenvalue weighted by Gasteiger charge is 2.51. The number of carbonyl (C=O) groups is 1. The Morgan fingerprint density at radius 1 is 1.38 bits per heavy atom. The number of carboxylic acids is 1. The molecule has 9 heteroatoms. The number of benzene rings is 1. The predicted octanol–water partition coefficient (Wildman–Crippen LogP) is 4.21. The fourth-order valence-corrected chi connectivity index (χ4v) is 7.66. The molecule has 1 aromatic carbocycles. The van der Waals surface area contributed by atoms with Crippen molar-refractivity contribution in [1.82, 2.24) is 0 Å². The highest BCUT2D eigenvalue weighted by Crippen LogP contribution is 2.53. The number of carboxylic acid groups (broad SMARTS) is 1. The molecule has 1 aromatic rings. The fourth-order valence-electron chi connectivity index (χ4n) is 2.40. The smallest absolute Gasteiger partial charge is 0.320 e. The number of halogens is 4. The summed E-state index contributed by atoms with van der Waals surface area (Å²) in [7, 11) is 0. The van der Waals surface area contributed by atoms with Crippen LogP contribution in [-0.2, 0) is 4.79 Å². The molecule has 1 aliphatic carbocycles. The average Bonchev–Trinajstić information content (AvgIpc) is 2.43. The van der Waals surface area contributed by atoms with E-state index in [1.807, 2.05) is 6.08 Å². The Labute approximate surface area is 185 Å². The molecule has 0 saturated carbocycles. The summed E-state index contributed by atoms with van der Waals surface area (Å²) in [5.41, 5.74) is 6.56. The lowest BCUT2D eigenvalue weighted by Gasteiger charge is -2.42. The van der Waals surface area contributed by atoms with E-state index in [0.717, 1.165) is 5.57 Å². The number of phenols is 1. The monoisotopic (exact) mass is 689 g/mol. The second kappa shape index (κ2) is 8.01. The van der Waals surface area contributed by atoms with Crippen LogP contribution in [0.15, 0.2) is 35.9 Å². The maximum absolute atomic E-state index is 11.0. The van der Waals surface area contributed by atoms with E-state index in [9.17, 15) is 9.90 Å². The van der Waals surface area contributed by atoms with E-state index in [1.54, 1.807) is 24.3 Å². The summed E-state index contributed by atoms with van der Waals surface area (Å²) in [5, 5.41) is 18.4. The topological polar surface area (TPSA) is 92.8 Å². The molecular formula is C15H15ClI3NO4. The molecule has 3 unspecified atom stereocenters. The van der Waals surface area contributed by atoms with Gasteiger partial charge in [0, 0.05) is 6.42 Å². The summed E-state index contributed by atoms with van der Waals surface area (Å²) in [6, 6.07) is 5.52. The number of phenolic OH excluding ortho intramolecular Hbond substituents is 1. The molecule has 0 saturated heterocycles. The Hall–Kier alpha value is 0.470. The number of ether oxygens (including phenoxy) is 1. The molecule has 0 spiro atoms. The Morgan fingerprint density at radius 2 is 1.96 bits per heavy atom. The summed E-state index contributed by atoms with van der Waals surface area (Å²) in [5.74, 6) is -0.256. The van der Waals surface area contributed by atoms with E-state index in [0.29, 0.717) is 12.2 Å². The third kappa shape index (κ3) is 5.24. The van der Waals surface area contributed by atoms with Crippen molar-refractivity contribution < 1.29 is 19.7 Å². The maximum Gasteiger partial charge on any atom is 0.320 e. The molecule has 0 heterocycles. The number of hydrogen-bond donors (Lipinski definition) is 3. The van der Waals surface area contributed by atoms with Crippen LogP contribution in [0.5, 0.6) is 11.5 Å². The van der Waals surface area contributed by atoms with Gasteiger partial charge in [0.05, 0.1) is 0 Å². The van der Waals surface area contributed by atoms with Gasteiger partial charge in [0.1, 0.15) is 21.9 Å². The molecule has 0 fully saturated rings. The predicted molar refractivity (Wildman–Crippen MR) is 119 cm³/mol. The first-order valence-electron chi connectivity index (χ1n) is 6.91. The second-order valence-electron chi connectivity index (χ2n) is 5.56. The van der Waals surface area contributed by atoms with Crippen LogP contribution >= 0.6 is 79.4 Å². The molecule has 1 aliphatic rings. The second-order valence-corrected chi connectivity index (χ2v) is 14.4. The minimum absolute atomic E-state index is 0.164. The van der Waals surface area contributed by atoms with E-state index in [2.05, 4.69) is 67.8 Å². The van der Waals surface area contributed by atoms with E-state index >= 15 is 0 Å². The van der Waals surface area contributed by atoms with Crippen molar-refractivity contribution in [2.75, 3.05) is 0 Å². The number of hydrogen-bond acceptors (Lipinski definition) is 4. The van der Waals surface area contributed by atoms with Crippen molar-refractivity contribution in [3.8, 4) is 11.5 Å². The number of alkyl halides is 4. The summed E-state index contributed by atoms with van der Waals surface area (Å²) in [4.78, 5) is 11.0. The first kappa shape index (κ1) is 20.8. The Morgan fingerprint density at radius 3 is 2.46 bits per heavy atom. The lowest BCUT2D eigenvalue weighted by atomic mass is 9.92. The third-order valence-electron chi connectivity index (χ3n) is 3.48. The van der Waals surface area contributed by atoms with Gasteiger partial charge in [-0.3, -0.25) is 4.79 Å². The Kier molecular flexibility index (Phi) is 6.93. The molecule has 0 bridgehead atoms. The van der Waals surface area contributed by atoms with Crippen LogP contribution in [-0.4, -0.2) is 32.6 Å². The molecule has 0 amide bonds. The van der Waals surface area contributed by atoms with Crippen molar-refractivity contribution in [2.45, 2.75) is 29.3 Å². The van der Waals surface area contributed by atoms with Gasteiger partial charge in [-0.25, -0.2) is 0 Å². The fraction of sp³-hybridized carbons (Fsp3) is 0.400. The minimum Gasteiger partial charge on any atom is -0.508 e. The highest BCUT2D eigenvalue weighted by atomic mass is 127. The van der Waals surface area contributed by atoms with Gasteiger partial charge in [0.15, 0.2) is 6.10 Å². The first-order chi connectivity index (χ1) is 11.0. The Balaban J connectivity index is 2.24. The average molecular weight is 689 g/mol. The number of aliphatic carboxylic acids is 1. The van der Waals surface area contributed by atoms with Gasteiger partial charge < -0.3 is 20.7 Å². The molecule has 24 heavy (non-hydrogen) atoms. The van der Waals surface area contributed by atoms with Crippen molar-refractivity contribution >= 4 is 85.3 Å². The SMILES string of the molecule is NC(CC1=CC(I)(I)C(Oc2ccc(O)cc2)C(Cl)(I)C1)C(=O)O. The quantitative estimate of drug-likeness (QED) is 0.245. The zero-order valence-corrected chi connectivity index (χ0v) is 19.5. The highest BCUT2D eigenvalue weighted by molar-refractivity contribution is 14.2. The standard InChI is InChI=1S/C15H15ClI3NO4/c16-14(17)6-8(5-11(20)12(22)23)7-15(18,19)13(14)24-10-3-1-9(21)2-4-10/h1-4,7,11,13,21H,5-6,20H2,(H,22,23). The van der Waals surface area contributed by atoms with Crippen LogP contribution < -0.4 is 10.5 Å². The van der Waals surface area contributed by atoms with Gasteiger partial charge in [0.2, 0.25) is 0 Å². The molecule has 0 aromatic heterocycles. The Bertz CT molecular complexity index is 649. The zero-order chi connectivity index (χ0) is 18.1. The zero-order valence-electron chi connectivity index (χ0n) is 12.3. The maximum atomic E-state index is 11.0. The van der Waals surface area contributed by atoms with Gasteiger partial charge in [0.25, 0.3) is 0 Å². The first-order valence-corrected chi connectivity index (χ1v) is 10.5. The van der Waals surface area contributed by atoms with Crippen LogP contribution in [0.2, 0.25) is 0 Å². The van der Waals surface area contributed by atoms with Crippen LogP contribution in [0.3, 0.4) is 0 Å². The van der Waals surface area contributed by atoms with Crippen molar-refractivity contribution in [1.29, 1.82) is 0 Å². The molecule has 0 radical (unpaired) electrons. The molecular weight excluding hydrogens is 674 g/mol. The summed E-state index contributed by atoms with van der Waals surface area (Å²) < 4.78 is 4.86. The van der Waals surface area contributed by atoms with E-state index in [4.69, 9.17) is 27.2 Å². The summed E-state index contributed by atoms with van der Waals surface area (Å²) >= 11 is 13.4. The van der Waals surface area contributed by atoms with Gasteiger partial charge >= 0.3 is 5.97 Å². The lowest BCUT2D eigenvalue weighted by Crippen LogP contribution is -2.50. The number of aromatic hydroxyl groups is 1. The van der Waals surface area contributed by atoms with Crippen molar-refractivity contribution in [2.24, 2.45) is 5.73 Å². The van der Waals surface area contributed by atoms with Gasteiger partial charge in [-0.1, -0.05) is 79.4 Å². The van der Waals surface area contributed by atoms with Gasteiger partial charge in [-0.05, 0) is 30.7 Å². The van der Waals surface area contributed by atoms with E-state index < -0.39 is 16.3 Å². The van der Waals surface area contributed by atoms with Crippen molar-refractivity contribution in [3.63, 3.8) is 0 Å². The van der Waals surface area contributed by atoms with Gasteiger partial charge in [-0.15, -0.1) is 11.6 Å².